The van der Waals surface area contributed by atoms with Crippen LogP contribution in [0.4, 0.5) is 4.39 Å². The van der Waals surface area contributed by atoms with Crippen LogP contribution in [0.15, 0.2) is 71.1 Å². The first-order valence-corrected chi connectivity index (χ1v) is 9.84. The highest BCUT2D eigenvalue weighted by Crippen LogP contribution is 2.32. The molecule has 0 bridgehead atoms. The van der Waals surface area contributed by atoms with Crippen molar-refractivity contribution in [3.05, 3.63) is 89.2 Å². The van der Waals surface area contributed by atoms with Crippen LogP contribution in [0.25, 0.3) is 5.69 Å². The van der Waals surface area contributed by atoms with Crippen molar-refractivity contribution in [2.24, 2.45) is 0 Å². The lowest BCUT2D eigenvalue weighted by Gasteiger charge is -2.03. The highest BCUT2D eigenvalue weighted by Gasteiger charge is 2.15. The van der Waals surface area contributed by atoms with E-state index in [2.05, 4.69) is 20.1 Å². The summed E-state index contributed by atoms with van der Waals surface area (Å²) >= 11 is 7.43. The van der Waals surface area contributed by atoms with Gasteiger partial charge in [0.25, 0.3) is 0 Å². The molecule has 0 aliphatic carbocycles. The molecule has 0 fully saturated rings. The molecule has 1 aromatic carbocycles. The second kappa shape index (κ2) is 8.60. The number of carbonyl (C=O) groups is 1. The van der Waals surface area contributed by atoms with E-state index in [1.165, 1.54) is 36.4 Å². The molecule has 0 unspecified atom stereocenters. The molecule has 30 heavy (non-hydrogen) atoms. The molecular weight excluding hydrogens is 429 g/mol. The third kappa shape index (κ3) is 4.64. The molecule has 0 saturated heterocycles. The highest BCUT2D eigenvalue weighted by atomic mass is 35.5. The Kier molecular flexibility index (Phi) is 5.73. The molecule has 7 nitrogen and oxygen atoms in total. The predicted octanol–water partition coefficient (Wildman–Crippen LogP) is 4.29. The maximum Gasteiger partial charge on any atom is 0.356 e. The van der Waals surface area contributed by atoms with Gasteiger partial charge in [-0.2, -0.15) is 5.10 Å². The summed E-state index contributed by atoms with van der Waals surface area (Å²) in [4.78, 5) is 24.7. The van der Waals surface area contributed by atoms with Crippen molar-refractivity contribution in [3.63, 3.8) is 0 Å². The van der Waals surface area contributed by atoms with Gasteiger partial charge < -0.3 is 5.11 Å². The molecule has 0 saturated carbocycles. The normalized spacial score (nSPS) is 10.9. The summed E-state index contributed by atoms with van der Waals surface area (Å²) in [6, 6.07) is 8.70. The molecule has 10 heteroatoms. The summed E-state index contributed by atoms with van der Waals surface area (Å²) in [5.41, 5.74) is 1.58. The smallest absolute Gasteiger partial charge is 0.356 e. The van der Waals surface area contributed by atoms with Gasteiger partial charge in [-0.1, -0.05) is 23.4 Å². The Morgan fingerprint density at radius 3 is 2.60 bits per heavy atom. The van der Waals surface area contributed by atoms with Crippen molar-refractivity contribution < 1.29 is 14.3 Å². The Labute approximate surface area is 179 Å². The van der Waals surface area contributed by atoms with Gasteiger partial charge in [-0.15, -0.1) is 0 Å². The fraction of sp³-hybridized carbons (Fsp3) is 0.0500. The van der Waals surface area contributed by atoms with Crippen molar-refractivity contribution >= 4 is 29.3 Å². The van der Waals surface area contributed by atoms with Crippen molar-refractivity contribution in [3.8, 4) is 5.69 Å². The zero-order chi connectivity index (χ0) is 21.1. The summed E-state index contributed by atoms with van der Waals surface area (Å²) in [6.45, 7) is 0. The maximum atomic E-state index is 13.6. The molecular formula is C20H13ClFN5O2S. The van der Waals surface area contributed by atoms with E-state index in [0.29, 0.717) is 28.5 Å². The number of halogens is 2. The van der Waals surface area contributed by atoms with E-state index >= 15 is 0 Å². The van der Waals surface area contributed by atoms with Crippen LogP contribution in [0.5, 0.6) is 0 Å². The molecule has 4 rings (SSSR count). The molecule has 1 N–H and O–H groups in total. The van der Waals surface area contributed by atoms with Crippen molar-refractivity contribution in [1.29, 1.82) is 0 Å². The van der Waals surface area contributed by atoms with E-state index in [-0.39, 0.29) is 5.69 Å². The van der Waals surface area contributed by atoms with Gasteiger partial charge in [0.15, 0.2) is 5.69 Å². The summed E-state index contributed by atoms with van der Waals surface area (Å²) in [5.74, 6) is -1.61. The molecule has 4 aromatic rings. The topological polar surface area (TPSA) is 93.8 Å². The molecule has 150 valence electrons. The first-order chi connectivity index (χ1) is 14.5. The van der Waals surface area contributed by atoms with Gasteiger partial charge in [-0.25, -0.2) is 18.9 Å². The first-order valence-electron chi connectivity index (χ1n) is 8.65. The number of aromatic nitrogens is 5. The van der Waals surface area contributed by atoms with Crippen LogP contribution in [-0.2, 0) is 6.42 Å². The van der Waals surface area contributed by atoms with Crippen LogP contribution in [0, 0.1) is 5.82 Å². The van der Waals surface area contributed by atoms with E-state index in [0.717, 1.165) is 16.0 Å². The molecule has 0 aliphatic rings. The molecule has 0 radical (unpaired) electrons. The SMILES string of the molecule is O=C(O)c1cnc(Cc2nn(-c3cncc(F)c3)cc2Sc2ccc(Cl)cc2)cn1. The van der Waals surface area contributed by atoms with E-state index in [1.807, 2.05) is 12.1 Å². The third-order valence-corrected chi connectivity index (χ3v) is 5.34. The summed E-state index contributed by atoms with van der Waals surface area (Å²) in [6.07, 6.45) is 7.34. The lowest BCUT2D eigenvalue weighted by molar-refractivity contribution is 0.0690. The molecule has 3 aromatic heterocycles. The Hall–Kier alpha value is -3.30. The largest absolute Gasteiger partial charge is 0.476 e. The van der Waals surface area contributed by atoms with Gasteiger partial charge in [-0.3, -0.25) is 9.97 Å². The Morgan fingerprint density at radius 2 is 1.93 bits per heavy atom. The summed E-state index contributed by atoms with van der Waals surface area (Å²) in [7, 11) is 0. The van der Waals surface area contributed by atoms with E-state index in [9.17, 15) is 9.18 Å². The number of hydrogen-bond donors (Lipinski definition) is 1. The lowest BCUT2D eigenvalue weighted by atomic mass is 10.2. The Bertz CT molecular complexity index is 1200. The van der Waals surface area contributed by atoms with Crippen LogP contribution in [-0.4, -0.2) is 35.8 Å². The standard InChI is InChI=1S/C20H13ClFN5O2S/c21-12-1-3-16(4-2-12)30-19-11-27(15-5-13(22)7-23-9-15)26-17(19)6-14-8-25-18(10-24-14)20(28)29/h1-5,7-11H,6H2,(H,28,29). The van der Waals surface area contributed by atoms with Crippen molar-refractivity contribution in [1.82, 2.24) is 24.7 Å². The predicted molar refractivity (Wildman–Crippen MR) is 109 cm³/mol. The van der Waals surface area contributed by atoms with E-state index in [4.69, 9.17) is 16.7 Å². The second-order valence-electron chi connectivity index (χ2n) is 6.18. The van der Waals surface area contributed by atoms with Gasteiger partial charge in [0.2, 0.25) is 0 Å². The minimum atomic E-state index is -1.14. The van der Waals surface area contributed by atoms with Crippen LogP contribution < -0.4 is 0 Å². The monoisotopic (exact) mass is 441 g/mol. The van der Waals surface area contributed by atoms with Gasteiger partial charge in [0.1, 0.15) is 5.82 Å². The second-order valence-corrected chi connectivity index (χ2v) is 7.73. The lowest BCUT2D eigenvalue weighted by Crippen LogP contribution is -2.04. The number of pyridine rings is 1. The number of nitrogens with zero attached hydrogens (tertiary/aromatic N) is 5. The van der Waals surface area contributed by atoms with Crippen LogP contribution >= 0.6 is 23.4 Å². The Morgan fingerprint density at radius 1 is 1.13 bits per heavy atom. The minimum Gasteiger partial charge on any atom is -0.476 e. The summed E-state index contributed by atoms with van der Waals surface area (Å²) in [5, 5.41) is 14.2. The number of rotatable bonds is 6. The highest BCUT2D eigenvalue weighted by molar-refractivity contribution is 7.99. The average Bonchev–Trinajstić information content (AvgIpc) is 3.12. The minimum absolute atomic E-state index is 0.133. The van der Waals surface area contributed by atoms with Gasteiger partial charge in [0, 0.05) is 34.8 Å². The quantitative estimate of drug-likeness (QED) is 0.477. The van der Waals surface area contributed by atoms with Crippen molar-refractivity contribution in [2.75, 3.05) is 0 Å². The summed E-state index contributed by atoms with van der Waals surface area (Å²) < 4.78 is 15.2. The van der Waals surface area contributed by atoms with Crippen LogP contribution in [0.2, 0.25) is 5.02 Å². The van der Waals surface area contributed by atoms with Gasteiger partial charge in [-0.05, 0) is 24.3 Å². The average molecular weight is 442 g/mol. The van der Waals surface area contributed by atoms with E-state index in [1.54, 1.807) is 23.0 Å². The number of benzene rings is 1. The number of hydrogen-bond acceptors (Lipinski definition) is 6. The first kappa shape index (κ1) is 20.0. The molecule has 0 amide bonds. The fourth-order valence-corrected chi connectivity index (χ4v) is 3.65. The van der Waals surface area contributed by atoms with Crippen LogP contribution in [0.1, 0.15) is 21.9 Å². The molecule has 0 atom stereocenters. The van der Waals surface area contributed by atoms with Gasteiger partial charge >= 0.3 is 5.97 Å². The molecule has 3 heterocycles. The molecule has 0 spiro atoms. The number of carboxylic acid groups (broad SMARTS) is 1. The zero-order valence-corrected chi connectivity index (χ0v) is 16.8. The third-order valence-electron chi connectivity index (χ3n) is 4.02. The van der Waals surface area contributed by atoms with Gasteiger partial charge in [0.05, 0.1) is 40.6 Å². The van der Waals surface area contributed by atoms with Crippen molar-refractivity contribution in [2.45, 2.75) is 16.2 Å². The number of carboxylic acids is 1. The van der Waals surface area contributed by atoms with E-state index < -0.39 is 11.8 Å². The number of aromatic carboxylic acids is 1. The maximum absolute atomic E-state index is 13.6. The van der Waals surface area contributed by atoms with Crippen LogP contribution in [0.3, 0.4) is 0 Å². The molecule has 0 aliphatic heterocycles. The fourth-order valence-electron chi connectivity index (χ4n) is 2.62. The Balaban J connectivity index is 1.68. The zero-order valence-electron chi connectivity index (χ0n) is 15.2.